The summed E-state index contributed by atoms with van der Waals surface area (Å²) in [5.41, 5.74) is 3.05. The van der Waals surface area contributed by atoms with Crippen LogP contribution in [0.25, 0.3) is 0 Å². The van der Waals surface area contributed by atoms with E-state index in [-0.39, 0.29) is 0 Å². The number of aliphatic hydroxyl groups excluding tert-OH is 2. The third-order valence-electron chi connectivity index (χ3n) is 4.77. The molecule has 0 bridgehead atoms. The van der Waals surface area contributed by atoms with Crippen molar-refractivity contribution >= 4 is 0 Å². The maximum atomic E-state index is 10.6. The first kappa shape index (κ1) is 19.3. The predicted molar refractivity (Wildman–Crippen MR) is 109 cm³/mol. The highest BCUT2D eigenvalue weighted by Crippen LogP contribution is 2.20. The first-order chi connectivity index (χ1) is 13.2. The van der Waals surface area contributed by atoms with Gasteiger partial charge >= 0.3 is 0 Å². The summed E-state index contributed by atoms with van der Waals surface area (Å²) in [5.74, 6) is 0. The van der Waals surface area contributed by atoms with Gasteiger partial charge in [0.2, 0.25) is 0 Å². The normalized spacial score (nSPS) is 13.4. The van der Waals surface area contributed by atoms with Crippen molar-refractivity contribution in [3.63, 3.8) is 0 Å². The highest BCUT2D eigenvalue weighted by Gasteiger charge is 2.16. The molecule has 140 valence electrons. The Bertz CT molecular complexity index is 777. The Hall–Kier alpha value is -2.46. The maximum absolute atomic E-state index is 10.6. The van der Waals surface area contributed by atoms with Crippen LogP contribution in [0, 0.1) is 0 Å². The number of hydrogen-bond acceptors (Lipinski definition) is 3. The van der Waals surface area contributed by atoms with Crippen LogP contribution in [-0.2, 0) is 6.54 Å². The van der Waals surface area contributed by atoms with Crippen molar-refractivity contribution in [3.05, 3.63) is 108 Å². The average Bonchev–Trinajstić information content (AvgIpc) is 2.73. The fourth-order valence-corrected chi connectivity index (χ4v) is 3.25. The van der Waals surface area contributed by atoms with Crippen LogP contribution in [0.1, 0.15) is 35.3 Å². The van der Waals surface area contributed by atoms with Crippen LogP contribution in [0.4, 0.5) is 0 Å². The van der Waals surface area contributed by atoms with Gasteiger partial charge in [-0.05, 0) is 23.1 Å². The summed E-state index contributed by atoms with van der Waals surface area (Å²) < 4.78 is 0. The molecule has 2 N–H and O–H groups in total. The highest BCUT2D eigenvalue weighted by molar-refractivity contribution is 5.19. The van der Waals surface area contributed by atoms with Crippen molar-refractivity contribution < 1.29 is 10.2 Å². The third kappa shape index (κ3) is 6.04. The van der Waals surface area contributed by atoms with E-state index >= 15 is 0 Å². The molecule has 0 unspecified atom stereocenters. The quantitative estimate of drug-likeness (QED) is 0.596. The molecule has 0 amide bonds. The lowest BCUT2D eigenvalue weighted by atomic mass is 10.1. The molecule has 2 atom stereocenters. The molecule has 3 nitrogen and oxygen atoms in total. The van der Waals surface area contributed by atoms with Crippen LogP contribution in [0.2, 0.25) is 0 Å². The van der Waals surface area contributed by atoms with E-state index in [0.29, 0.717) is 19.5 Å². The summed E-state index contributed by atoms with van der Waals surface area (Å²) in [6.07, 6.45) is -0.430. The van der Waals surface area contributed by atoms with Crippen molar-refractivity contribution in [1.29, 1.82) is 0 Å². The Morgan fingerprint density at radius 2 is 1.11 bits per heavy atom. The van der Waals surface area contributed by atoms with Crippen molar-refractivity contribution in [2.24, 2.45) is 0 Å². The molecule has 3 aromatic rings. The zero-order valence-corrected chi connectivity index (χ0v) is 15.5. The van der Waals surface area contributed by atoms with Gasteiger partial charge in [0.1, 0.15) is 0 Å². The van der Waals surface area contributed by atoms with Gasteiger partial charge in [-0.3, -0.25) is 4.90 Å². The van der Waals surface area contributed by atoms with Gasteiger partial charge in [0.15, 0.2) is 0 Å². The molecule has 0 aliphatic carbocycles. The van der Waals surface area contributed by atoms with E-state index in [1.54, 1.807) is 0 Å². The zero-order chi connectivity index (χ0) is 18.9. The lowest BCUT2D eigenvalue weighted by Gasteiger charge is -2.26. The molecule has 0 aliphatic rings. The van der Waals surface area contributed by atoms with Gasteiger partial charge in [-0.15, -0.1) is 0 Å². The molecule has 3 heteroatoms. The van der Waals surface area contributed by atoms with Gasteiger partial charge < -0.3 is 10.2 Å². The smallest absolute Gasteiger partial charge is 0.0917 e. The molecule has 0 heterocycles. The molecule has 0 aliphatic heterocycles. The lowest BCUT2D eigenvalue weighted by molar-refractivity contribution is 0.0898. The predicted octanol–water partition coefficient (Wildman–Crippen LogP) is 4.35. The van der Waals surface area contributed by atoms with Gasteiger partial charge in [-0.1, -0.05) is 91.0 Å². The van der Waals surface area contributed by atoms with E-state index < -0.39 is 12.2 Å². The van der Waals surface area contributed by atoms with Crippen molar-refractivity contribution in [1.82, 2.24) is 4.90 Å². The van der Waals surface area contributed by atoms with Crippen molar-refractivity contribution in [2.75, 3.05) is 13.1 Å². The Morgan fingerprint density at radius 3 is 1.67 bits per heavy atom. The van der Waals surface area contributed by atoms with Gasteiger partial charge in [0.25, 0.3) is 0 Å². The number of benzene rings is 3. The maximum Gasteiger partial charge on any atom is 0.0917 e. The minimum absolute atomic E-state index is 0.502. The van der Waals surface area contributed by atoms with Crippen LogP contribution < -0.4 is 0 Å². The van der Waals surface area contributed by atoms with Gasteiger partial charge in [0, 0.05) is 19.6 Å². The van der Waals surface area contributed by atoms with E-state index in [2.05, 4.69) is 17.0 Å². The van der Waals surface area contributed by atoms with Gasteiger partial charge in [0.05, 0.1) is 12.2 Å². The first-order valence-electron chi connectivity index (χ1n) is 9.44. The SMILES string of the molecule is O[C@H](CCN(Cc1ccccc1)C[C@H](O)c1ccccc1)c1ccccc1. The summed E-state index contributed by atoms with van der Waals surface area (Å²) in [6.45, 7) is 1.97. The number of aliphatic hydroxyl groups is 2. The molecule has 3 aromatic carbocycles. The van der Waals surface area contributed by atoms with Crippen LogP contribution in [0.5, 0.6) is 0 Å². The average molecular weight is 361 g/mol. The third-order valence-corrected chi connectivity index (χ3v) is 4.77. The Kier molecular flexibility index (Phi) is 7.17. The number of rotatable bonds is 9. The summed E-state index contributed by atoms with van der Waals surface area (Å²) >= 11 is 0. The number of hydrogen-bond donors (Lipinski definition) is 2. The zero-order valence-electron chi connectivity index (χ0n) is 15.5. The second-order valence-electron chi connectivity index (χ2n) is 6.86. The second-order valence-corrected chi connectivity index (χ2v) is 6.86. The molecule has 0 saturated carbocycles. The Morgan fingerprint density at radius 1 is 0.630 bits per heavy atom. The van der Waals surface area contributed by atoms with Crippen LogP contribution in [0.15, 0.2) is 91.0 Å². The molecule has 0 radical (unpaired) electrons. The standard InChI is InChI=1S/C24H27NO2/c26-23(21-12-6-2-7-13-21)16-17-25(18-20-10-4-1-5-11-20)19-24(27)22-14-8-3-9-15-22/h1-15,23-24,26-27H,16-19H2/t23-,24+/m1/s1. The summed E-state index contributed by atoms with van der Waals surface area (Å²) in [7, 11) is 0. The lowest BCUT2D eigenvalue weighted by Crippen LogP contribution is -2.30. The van der Waals surface area contributed by atoms with Gasteiger partial charge in [-0.25, -0.2) is 0 Å². The first-order valence-corrected chi connectivity index (χ1v) is 9.44. The van der Waals surface area contributed by atoms with E-state index in [9.17, 15) is 10.2 Å². The Balaban J connectivity index is 1.65. The highest BCUT2D eigenvalue weighted by atomic mass is 16.3. The molecule has 3 rings (SSSR count). The molecule has 27 heavy (non-hydrogen) atoms. The molecular weight excluding hydrogens is 334 g/mol. The van der Waals surface area contributed by atoms with Crippen LogP contribution >= 0.6 is 0 Å². The topological polar surface area (TPSA) is 43.7 Å². The second kappa shape index (κ2) is 10.0. The van der Waals surface area contributed by atoms with Gasteiger partial charge in [-0.2, -0.15) is 0 Å². The minimum atomic E-state index is -0.552. The molecule has 0 spiro atoms. The fraction of sp³-hybridized carbons (Fsp3) is 0.250. The largest absolute Gasteiger partial charge is 0.388 e. The van der Waals surface area contributed by atoms with Crippen molar-refractivity contribution in [3.8, 4) is 0 Å². The molecule has 0 aromatic heterocycles. The van der Waals surface area contributed by atoms with Crippen molar-refractivity contribution in [2.45, 2.75) is 25.2 Å². The number of nitrogens with zero attached hydrogens (tertiary/aromatic N) is 1. The molecular formula is C24H27NO2. The van der Waals surface area contributed by atoms with Crippen LogP contribution in [-0.4, -0.2) is 28.2 Å². The van der Waals surface area contributed by atoms with E-state index in [4.69, 9.17) is 0 Å². The summed E-state index contributed by atoms with van der Waals surface area (Å²) in [5, 5.41) is 21.1. The minimum Gasteiger partial charge on any atom is -0.388 e. The summed E-state index contributed by atoms with van der Waals surface area (Å²) in [4.78, 5) is 2.21. The van der Waals surface area contributed by atoms with E-state index in [1.807, 2.05) is 78.9 Å². The van der Waals surface area contributed by atoms with Crippen LogP contribution in [0.3, 0.4) is 0 Å². The monoisotopic (exact) mass is 361 g/mol. The molecule has 0 saturated heterocycles. The summed E-state index contributed by atoms with van der Waals surface area (Å²) in [6, 6.07) is 29.7. The fourth-order valence-electron chi connectivity index (χ4n) is 3.25. The van der Waals surface area contributed by atoms with E-state index in [1.165, 1.54) is 5.56 Å². The van der Waals surface area contributed by atoms with E-state index in [0.717, 1.165) is 17.7 Å². The Labute approximate surface area is 161 Å². The molecule has 0 fully saturated rings.